The lowest BCUT2D eigenvalue weighted by atomic mass is 9.98. The number of hydrogen-bond donors (Lipinski definition) is 0. The van der Waals surface area contributed by atoms with E-state index in [1.165, 1.54) is 6.92 Å². The first-order valence-electron chi connectivity index (χ1n) is 5.14. The number of rotatable bonds is 3. The van der Waals surface area contributed by atoms with Crippen LogP contribution in [0.5, 0.6) is 0 Å². The molecule has 0 aliphatic carbocycles. The number of carbonyl (C=O) groups is 2. The van der Waals surface area contributed by atoms with Crippen LogP contribution in [0.1, 0.15) is 20.8 Å². The fraction of sp³-hybridized carbons (Fsp3) is 0.800. The Morgan fingerprint density at radius 3 is 2.14 bits per heavy atom. The normalized spacial score (nSPS) is 16.4. The highest BCUT2D eigenvalue weighted by molar-refractivity contribution is 5.83. The van der Waals surface area contributed by atoms with E-state index in [0.29, 0.717) is 13.1 Å². The van der Waals surface area contributed by atoms with Crippen molar-refractivity contribution in [3.63, 3.8) is 0 Å². The predicted molar refractivity (Wildman–Crippen MR) is 53.7 cm³/mol. The Morgan fingerprint density at radius 2 is 1.79 bits per heavy atom. The summed E-state index contributed by atoms with van der Waals surface area (Å²) in [6, 6.07) is 0. The van der Waals surface area contributed by atoms with Crippen LogP contribution in [0.25, 0.3) is 0 Å². The molecule has 1 aliphatic heterocycles. The topological polar surface area (TPSA) is 40.6 Å². The molecule has 0 bridgehead atoms. The molecule has 0 radical (unpaired) electrons. The summed E-state index contributed by atoms with van der Waals surface area (Å²) in [4.78, 5) is 26.2. The van der Waals surface area contributed by atoms with Crippen molar-refractivity contribution < 1.29 is 9.59 Å². The van der Waals surface area contributed by atoms with Crippen molar-refractivity contribution in [2.75, 3.05) is 26.2 Å². The molecule has 80 valence electrons. The van der Waals surface area contributed by atoms with Crippen molar-refractivity contribution in [2.24, 2.45) is 5.92 Å². The van der Waals surface area contributed by atoms with E-state index in [0.717, 1.165) is 13.1 Å². The summed E-state index contributed by atoms with van der Waals surface area (Å²) in [7, 11) is 0. The highest BCUT2D eigenvalue weighted by Gasteiger charge is 2.35. The molecule has 0 N–H and O–H groups in total. The smallest absolute Gasteiger partial charge is 0.229 e. The van der Waals surface area contributed by atoms with Gasteiger partial charge >= 0.3 is 0 Å². The number of carbonyl (C=O) groups excluding carboxylic acids is 2. The molecule has 0 saturated carbocycles. The number of nitrogens with zero attached hydrogens (tertiary/aromatic N) is 2. The zero-order valence-corrected chi connectivity index (χ0v) is 9.12. The van der Waals surface area contributed by atoms with Gasteiger partial charge in [-0.05, 0) is 13.8 Å². The minimum atomic E-state index is 0.0406. The fourth-order valence-corrected chi connectivity index (χ4v) is 1.69. The Bertz CT molecular complexity index is 230. The van der Waals surface area contributed by atoms with E-state index in [2.05, 4.69) is 0 Å². The van der Waals surface area contributed by atoms with Crippen molar-refractivity contribution >= 4 is 11.8 Å². The largest absolute Gasteiger partial charge is 0.343 e. The van der Waals surface area contributed by atoms with Crippen LogP contribution in [-0.4, -0.2) is 47.8 Å². The summed E-state index contributed by atoms with van der Waals surface area (Å²) in [5.74, 6) is 0.292. The monoisotopic (exact) mass is 198 g/mol. The predicted octanol–water partition coefficient (Wildman–Crippen LogP) is 0.333. The van der Waals surface area contributed by atoms with Gasteiger partial charge in [0.15, 0.2) is 0 Å². The number of amides is 2. The molecule has 2 amide bonds. The molecular weight excluding hydrogens is 180 g/mol. The summed E-state index contributed by atoms with van der Waals surface area (Å²) >= 11 is 0. The molecule has 4 heteroatoms. The second kappa shape index (κ2) is 4.44. The average molecular weight is 198 g/mol. The van der Waals surface area contributed by atoms with Gasteiger partial charge in [-0.2, -0.15) is 0 Å². The van der Waals surface area contributed by atoms with Crippen LogP contribution in [0.3, 0.4) is 0 Å². The third-order valence-corrected chi connectivity index (χ3v) is 2.75. The van der Waals surface area contributed by atoms with Crippen molar-refractivity contribution in [3.05, 3.63) is 0 Å². The molecule has 14 heavy (non-hydrogen) atoms. The average Bonchev–Trinajstić information content (AvgIpc) is 2.02. The van der Waals surface area contributed by atoms with Crippen molar-refractivity contribution in [1.82, 2.24) is 9.80 Å². The van der Waals surface area contributed by atoms with Gasteiger partial charge < -0.3 is 9.80 Å². The number of hydrogen-bond acceptors (Lipinski definition) is 2. The maximum Gasteiger partial charge on any atom is 0.229 e. The van der Waals surface area contributed by atoms with Crippen LogP contribution in [0.2, 0.25) is 0 Å². The third-order valence-electron chi connectivity index (χ3n) is 2.75. The molecule has 1 rings (SSSR count). The van der Waals surface area contributed by atoms with Gasteiger partial charge in [-0.3, -0.25) is 9.59 Å². The van der Waals surface area contributed by atoms with E-state index in [-0.39, 0.29) is 17.7 Å². The van der Waals surface area contributed by atoms with Gasteiger partial charge in [-0.15, -0.1) is 0 Å². The van der Waals surface area contributed by atoms with Crippen molar-refractivity contribution in [1.29, 1.82) is 0 Å². The molecule has 1 saturated heterocycles. The van der Waals surface area contributed by atoms with Crippen molar-refractivity contribution in [2.45, 2.75) is 20.8 Å². The van der Waals surface area contributed by atoms with Gasteiger partial charge in [-0.1, -0.05) is 0 Å². The summed E-state index contributed by atoms with van der Waals surface area (Å²) in [5, 5.41) is 0. The van der Waals surface area contributed by atoms with E-state index < -0.39 is 0 Å². The Hall–Kier alpha value is -1.06. The minimum Gasteiger partial charge on any atom is -0.343 e. The molecule has 0 aromatic heterocycles. The van der Waals surface area contributed by atoms with Gasteiger partial charge in [0.05, 0.1) is 5.92 Å². The second-order valence-electron chi connectivity index (χ2n) is 3.63. The van der Waals surface area contributed by atoms with E-state index in [9.17, 15) is 9.59 Å². The molecule has 1 fully saturated rings. The molecule has 1 aliphatic rings. The molecule has 0 unspecified atom stereocenters. The Balaban J connectivity index is 2.39. The number of likely N-dealkylation sites (tertiary alicyclic amines) is 1. The molecular formula is C10H18N2O2. The van der Waals surface area contributed by atoms with E-state index in [1.54, 1.807) is 4.90 Å². The van der Waals surface area contributed by atoms with Crippen LogP contribution in [0.15, 0.2) is 0 Å². The molecule has 0 aromatic carbocycles. The lowest BCUT2D eigenvalue weighted by molar-refractivity contribution is -0.147. The van der Waals surface area contributed by atoms with E-state index >= 15 is 0 Å². The summed E-state index contributed by atoms with van der Waals surface area (Å²) in [6.45, 7) is 8.21. The first-order chi connectivity index (χ1) is 6.60. The summed E-state index contributed by atoms with van der Waals surface area (Å²) < 4.78 is 0. The molecule has 0 spiro atoms. The van der Waals surface area contributed by atoms with E-state index in [1.807, 2.05) is 18.7 Å². The van der Waals surface area contributed by atoms with Crippen LogP contribution in [0, 0.1) is 5.92 Å². The molecule has 0 atom stereocenters. The lowest BCUT2D eigenvalue weighted by Gasteiger charge is -2.39. The SMILES string of the molecule is CCN(CC)C(=O)C1CN(C(C)=O)C1. The quantitative estimate of drug-likeness (QED) is 0.656. The highest BCUT2D eigenvalue weighted by Crippen LogP contribution is 2.17. The Morgan fingerprint density at radius 1 is 1.29 bits per heavy atom. The third kappa shape index (κ3) is 2.05. The molecule has 1 heterocycles. The maximum absolute atomic E-state index is 11.7. The van der Waals surface area contributed by atoms with Gasteiger partial charge in [0, 0.05) is 33.1 Å². The fourth-order valence-electron chi connectivity index (χ4n) is 1.69. The Labute approximate surface area is 84.9 Å². The molecule has 0 aromatic rings. The first-order valence-corrected chi connectivity index (χ1v) is 5.14. The lowest BCUT2D eigenvalue weighted by Crippen LogP contribution is -2.55. The van der Waals surface area contributed by atoms with Crippen LogP contribution in [0.4, 0.5) is 0 Å². The second-order valence-corrected chi connectivity index (χ2v) is 3.63. The summed E-state index contributed by atoms with van der Waals surface area (Å²) in [5.41, 5.74) is 0. The Kier molecular flexibility index (Phi) is 3.49. The highest BCUT2D eigenvalue weighted by atomic mass is 16.2. The van der Waals surface area contributed by atoms with Gasteiger partial charge in [0.2, 0.25) is 11.8 Å². The van der Waals surface area contributed by atoms with Crippen LogP contribution < -0.4 is 0 Å². The summed E-state index contributed by atoms with van der Waals surface area (Å²) in [6.07, 6.45) is 0. The van der Waals surface area contributed by atoms with Crippen LogP contribution in [-0.2, 0) is 9.59 Å². The van der Waals surface area contributed by atoms with Gasteiger partial charge in [0.1, 0.15) is 0 Å². The van der Waals surface area contributed by atoms with Gasteiger partial charge in [-0.25, -0.2) is 0 Å². The zero-order chi connectivity index (χ0) is 10.7. The molecule has 4 nitrogen and oxygen atoms in total. The van der Waals surface area contributed by atoms with Crippen molar-refractivity contribution in [3.8, 4) is 0 Å². The first kappa shape index (κ1) is 11.0. The van der Waals surface area contributed by atoms with Gasteiger partial charge in [0.25, 0.3) is 0 Å². The minimum absolute atomic E-state index is 0.0406. The zero-order valence-electron chi connectivity index (χ0n) is 9.12. The standard InChI is InChI=1S/C10H18N2O2/c1-4-11(5-2)10(14)9-6-12(7-9)8(3)13/h9H,4-7H2,1-3H3. The maximum atomic E-state index is 11.7. The van der Waals surface area contributed by atoms with E-state index in [4.69, 9.17) is 0 Å². The van der Waals surface area contributed by atoms with Crippen LogP contribution >= 0.6 is 0 Å².